The highest BCUT2D eigenvalue weighted by atomic mass is 32.2. The van der Waals surface area contributed by atoms with Crippen LogP contribution in [0.15, 0.2) is 35.2 Å². The van der Waals surface area contributed by atoms with E-state index in [1.807, 2.05) is 6.92 Å². The Balaban J connectivity index is 2.30. The maximum atomic E-state index is 12.2. The quantitative estimate of drug-likeness (QED) is 0.840. The Labute approximate surface area is 123 Å². The summed E-state index contributed by atoms with van der Waals surface area (Å²) in [5.74, 6) is 0.335. The average molecular weight is 308 g/mol. The van der Waals surface area contributed by atoms with Gasteiger partial charge >= 0.3 is 10.1 Å². The van der Waals surface area contributed by atoms with Crippen LogP contribution in [0.5, 0.6) is 5.88 Å². The SMILES string of the molecule is Cc1ccc(S(=O)(=O)Oc2cc(CCO)nc(C)n2)cc1. The molecule has 1 N–H and O–H groups in total. The Kier molecular flexibility index (Phi) is 4.54. The predicted molar refractivity (Wildman–Crippen MR) is 76.6 cm³/mol. The molecule has 0 bridgehead atoms. The Morgan fingerprint density at radius 3 is 2.43 bits per heavy atom. The van der Waals surface area contributed by atoms with Crippen LogP contribution in [-0.4, -0.2) is 30.1 Å². The highest BCUT2D eigenvalue weighted by Gasteiger charge is 2.18. The van der Waals surface area contributed by atoms with Crippen LogP contribution in [-0.2, 0) is 16.5 Å². The van der Waals surface area contributed by atoms with E-state index in [0.29, 0.717) is 17.9 Å². The van der Waals surface area contributed by atoms with Crippen LogP contribution in [0.2, 0.25) is 0 Å². The van der Waals surface area contributed by atoms with Gasteiger partial charge < -0.3 is 9.29 Å². The molecule has 6 nitrogen and oxygen atoms in total. The topological polar surface area (TPSA) is 89.4 Å². The molecule has 0 fully saturated rings. The Morgan fingerprint density at radius 1 is 1.14 bits per heavy atom. The molecule has 1 heterocycles. The highest BCUT2D eigenvalue weighted by Crippen LogP contribution is 2.18. The molecule has 0 radical (unpaired) electrons. The largest absolute Gasteiger partial charge is 0.396 e. The number of aryl methyl sites for hydroxylation is 2. The van der Waals surface area contributed by atoms with Crippen LogP contribution in [0.25, 0.3) is 0 Å². The van der Waals surface area contributed by atoms with Crippen molar-refractivity contribution in [3.8, 4) is 5.88 Å². The number of aliphatic hydroxyl groups is 1. The smallest absolute Gasteiger partial charge is 0.340 e. The number of nitrogens with zero attached hydrogens (tertiary/aromatic N) is 2. The van der Waals surface area contributed by atoms with E-state index in [4.69, 9.17) is 9.29 Å². The van der Waals surface area contributed by atoms with E-state index in [2.05, 4.69) is 9.97 Å². The maximum absolute atomic E-state index is 12.2. The Morgan fingerprint density at radius 2 is 1.81 bits per heavy atom. The monoisotopic (exact) mass is 308 g/mol. The number of benzene rings is 1. The lowest BCUT2D eigenvalue weighted by atomic mass is 10.2. The van der Waals surface area contributed by atoms with Crippen molar-refractivity contribution in [1.82, 2.24) is 9.97 Å². The van der Waals surface area contributed by atoms with Crippen molar-refractivity contribution in [1.29, 1.82) is 0 Å². The molecule has 112 valence electrons. The first kappa shape index (κ1) is 15.4. The first-order valence-corrected chi connectivity index (χ1v) is 7.78. The molecule has 0 unspecified atom stereocenters. The molecule has 1 aromatic carbocycles. The summed E-state index contributed by atoms with van der Waals surface area (Å²) in [5, 5.41) is 8.92. The molecule has 0 saturated heterocycles. The van der Waals surface area contributed by atoms with Crippen LogP contribution in [0.4, 0.5) is 0 Å². The lowest BCUT2D eigenvalue weighted by Crippen LogP contribution is -2.12. The van der Waals surface area contributed by atoms with Crippen LogP contribution in [0, 0.1) is 13.8 Å². The molecule has 0 aliphatic heterocycles. The van der Waals surface area contributed by atoms with Crippen molar-refractivity contribution in [3.63, 3.8) is 0 Å². The lowest BCUT2D eigenvalue weighted by Gasteiger charge is -2.08. The fraction of sp³-hybridized carbons (Fsp3) is 0.286. The summed E-state index contributed by atoms with van der Waals surface area (Å²) >= 11 is 0. The standard InChI is InChI=1S/C14H16N2O4S/c1-10-3-5-13(6-4-10)21(18,19)20-14-9-12(7-8-17)15-11(2)16-14/h3-6,9,17H,7-8H2,1-2H3. The summed E-state index contributed by atoms with van der Waals surface area (Å²) in [5.41, 5.74) is 1.48. The average Bonchev–Trinajstić information content (AvgIpc) is 2.38. The summed E-state index contributed by atoms with van der Waals surface area (Å²) < 4.78 is 29.4. The fourth-order valence-electron chi connectivity index (χ4n) is 1.75. The van der Waals surface area contributed by atoms with Gasteiger partial charge in [0.05, 0.1) is 5.69 Å². The van der Waals surface area contributed by atoms with Gasteiger partial charge in [0, 0.05) is 19.1 Å². The fourth-order valence-corrected chi connectivity index (χ4v) is 2.63. The third-order valence-corrected chi connectivity index (χ3v) is 3.98. The molecule has 0 spiro atoms. The zero-order chi connectivity index (χ0) is 15.5. The Bertz CT molecular complexity index is 727. The van der Waals surface area contributed by atoms with Gasteiger partial charge in [-0.05, 0) is 26.0 Å². The van der Waals surface area contributed by atoms with Gasteiger partial charge in [-0.25, -0.2) is 4.98 Å². The van der Waals surface area contributed by atoms with Crippen LogP contribution in [0.3, 0.4) is 0 Å². The van der Waals surface area contributed by atoms with Gasteiger partial charge in [0.2, 0.25) is 5.88 Å². The lowest BCUT2D eigenvalue weighted by molar-refractivity contribution is 0.298. The Hall–Kier alpha value is -1.99. The maximum Gasteiger partial charge on any atom is 0.340 e. The van der Waals surface area contributed by atoms with Gasteiger partial charge in [-0.2, -0.15) is 13.4 Å². The van der Waals surface area contributed by atoms with E-state index >= 15 is 0 Å². The van der Waals surface area contributed by atoms with E-state index in [9.17, 15) is 8.42 Å². The second-order valence-corrected chi connectivity index (χ2v) is 6.12. The zero-order valence-electron chi connectivity index (χ0n) is 11.8. The van der Waals surface area contributed by atoms with Crippen LogP contribution < -0.4 is 4.18 Å². The summed E-state index contributed by atoms with van der Waals surface area (Å²) in [6, 6.07) is 7.76. The first-order valence-electron chi connectivity index (χ1n) is 6.37. The van der Waals surface area contributed by atoms with Crippen molar-refractivity contribution in [3.05, 3.63) is 47.4 Å². The number of aliphatic hydroxyl groups excluding tert-OH is 1. The van der Waals surface area contributed by atoms with Gasteiger partial charge in [-0.1, -0.05) is 17.7 Å². The molecule has 0 aliphatic rings. The molecule has 2 rings (SSSR count). The van der Waals surface area contributed by atoms with Crippen molar-refractivity contribution < 1.29 is 17.7 Å². The summed E-state index contributed by atoms with van der Waals surface area (Å²) in [6.45, 7) is 3.42. The molecule has 0 aliphatic carbocycles. The summed E-state index contributed by atoms with van der Waals surface area (Å²) in [7, 11) is -3.93. The minimum Gasteiger partial charge on any atom is -0.396 e. The van der Waals surface area contributed by atoms with Gasteiger partial charge in [-0.3, -0.25) is 0 Å². The van der Waals surface area contributed by atoms with Crippen molar-refractivity contribution in [2.24, 2.45) is 0 Å². The number of rotatable bonds is 5. The van der Waals surface area contributed by atoms with E-state index in [1.54, 1.807) is 19.1 Å². The zero-order valence-corrected chi connectivity index (χ0v) is 12.6. The summed E-state index contributed by atoms with van der Waals surface area (Å²) in [4.78, 5) is 8.11. The van der Waals surface area contributed by atoms with E-state index in [1.165, 1.54) is 18.2 Å². The molecule has 21 heavy (non-hydrogen) atoms. The number of hydrogen-bond donors (Lipinski definition) is 1. The van der Waals surface area contributed by atoms with Gasteiger partial charge in [0.15, 0.2) is 0 Å². The van der Waals surface area contributed by atoms with Crippen molar-refractivity contribution in [2.45, 2.75) is 25.2 Å². The van der Waals surface area contributed by atoms with E-state index < -0.39 is 10.1 Å². The third-order valence-electron chi connectivity index (χ3n) is 2.74. The second kappa shape index (κ2) is 6.19. The number of hydrogen-bond acceptors (Lipinski definition) is 6. The molecule has 0 saturated carbocycles. The molecule has 0 amide bonds. The predicted octanol–water partition coefficient (Wildman–Crippen LogP) is 1.40. The van der Waals surface area contributed by atoms with Crippen LogP contribution in [0.1, 0.15) is 17.1 Å². The minimum atomic E-state index is -3.93. The molecular formula is C14H16N2O4S. The minimum absolute atomic E-state index is 0.0495. The first-order chi connectivity index (χ1) is 9.90. The van der Waals surface area contributed by atoms with Crippen molar-refractivity contribution >= 4 is 10.1 Å². The number of aromatic nitrogens is 2. The molecular weight excluding hydrogens is 292 g/mol. The normalized spacial score (nSPS) is 11.4. The molecule has 0 atom stereocenters. The third kappa shape index (κ3) is 3.99. The second-order valence-electron chi connectivity index (χ2n) is 4.57. The van der Waals surface area contributed by atoms with Gasteiger partial charge in [0.1, 0.15) is 10.7 Å². The molecule has 7 heteroatoms. The van der Waals surface area contributed by atoms with E-state index in [-0.39, 0.29) is 17.4 Å². The van der Waals surface area contributed by atoms with Crippen LogP contribution >= 0.6 is 0 Å². The summed E-state index contributed by atoms with van der Waals surface area (Å²) in [6.07, 6.45) is 0.310. The van der Waals surface area contributed by atoms with Gasteiger partial charge in [0.25, 0.3) is 0 Å². The van der Waals surface area contributed by atoms with Crippen molar-refractivity contribution in [2.75, 3.05) is 6.61 Å². The molecule has 2 aromatic rings. The van der Waals surface area contributed by atoms with Gasteiger partial charge in [-0.15, -0.1) is 0 Å². The van der Waals surface area contributed by atoms with E-state index in [0.717, 1.165) is 5.56 Å². The molecule has 1 aromatic heterocycles. The highest BCUT2D eigenvalue weighted by molar-refractivity contribution is 7.87.